The molecule has 2 N–H and O–H groups in total. The monoisotopic (exact) mass is 528 g/mol. The van der Waals surface area contributed by atoms with E-state index in [2.05, 4.69) is 15.6 Å². The maximum atomic E-state index is 13.4. The smallest absolute Gasteiger partial charge is 0.244 e. The highest BCUT2D eigenvalue weighted by molar-refractivity contribution is 6.30. The molecule has 6 rings (SSSR count). The van der Waals surface area contributed by atoms with Crippen LogP contribution in [0, 0.1) is 5.41 Å². The zero-order valence-corrected chi connectivity index (χ0v) is 22.1. The summed E-state index contributed by atoms with van der Waals surface area (Å²) in [5.74, 6) is 0.289. The highest BCUT2D eigenvalue weighted by Crippen LogP contribution is 2.47. The molecule has 3 heterocycles. The summed E-state index contributed by atoms with van der Waals surface area (Å²) in [7, 11) is 0. The van der Waals surface area contributed by atoms with E-state index in [1.165, 1.54) is 0 Å². The first-order valence-electron chi connectivity index (χ1n) is 12.9. The number of nitrogens with one attached hydrogen (secondary N) is 2. The van der Waals surface area contributed by atoms with Crippen molar-refractivity contribution in [3.63, 3.8) is 0 Å². The van der Waals surface area contributed by atoms with Gasteiger partial charge in [-0.15, -0.1) is 0 Å². The number of anilines is 2. The Hall–Kier alpha value is -3.71. The van der Waals surface area contributed by atoms with Crippen LogP contribution in [0.1, 0.15) is 55.0 Å². The van der Waals surface area contributed by atoms with E-state index in [4.69, 9.17) is 11.6 Å². The van der Waals surface area contributed by atoms with Crippen LogP contribution in [0.5, 0.6) is 0 Å². The van der Waals surface area contributed by atoms with E-state index in [-0.39, 0.29) is 30.3 Å². The lowest BCUT2D eigenvalue weighted by molar-refractivity contribution is -0.150. The van der Waals surface area contributed by atoms with Crippen molar-refractivity contribution in [3.05, 3.63) is 88.1 Å². The van der Waals surface area contributed by atoms with Crippen molar-refractivity contribution in [2.24, 2.45) is 5.41 Å². The summed E-state index contributed by atoms with van der Waals surface area (Å²) in [4.78, 5) is 45.6. The molecule has 8 heteroatoms. The van der Waals surface area contributed by atoms with Crippen LogP contribution >= 0.6 is 11.6 Å². The number of pyridine rings is 1. The molecule has 7 nitrogen and oxygen atoms in total. The van der Waals surface area contributed by atoms with Crippen LogP contribution in [0.25, 0.3) is 0 Å². The van der Waals surface area contributed by atoms with Gasteiger partial charge < -0.3 is 15.5 Å². The largest absolute Gasteiger partial charge is 0.326 e. The van der Waals surface area contributed by atoms with Crippen molar-refractivity contribution in [2.75, 3.05) is 17.2 Å². The lowest BCUT2D eigenvalue weighted by Gasteiger charge is -2.43. The van der Waals surface area contributed by atoms with Gasteiger partial charge in [0.05, 0.1) is 11.5 Å². The molecule has 0 bridgehead atoms. The second kappa shape index (κ2) is 8.95. The highest BCUT2D eigenvalue weighted by Gasteiger charge is 2.51. The third kappa shape index (κ3) is 4.06. The number of amides is 3. The molecular weight excluding hydrogens is 500 g/mol. The number of carbonyl (C=O) groups is 3. The standard InChI is InChI=1S/C30H29ClN4O3/c1-29(2)11-10-24(18-5-3-6-21(31)13-18)35(28(29)38)17-25(36)33-22-9-8-19-15-30(16-20(19)14-22)23-7-4-12-32-26(23)34-27(30)37/h3-9,12-14,24H,10-11,15-17H2,1-2H3,(H,33,36)(H,32,34,37)/t24-,30?/m0/s1. The molecule has 2 aliphatic heterocycles. The fraction of sp³-hybridized carbons (Fsp3) is 0.333. The van der Waals surface area contributed by atoms with Crippen LogP contribution in [0.15, 0.2) is 60.8 Å². The normalized spacial score (nSPS) is 23.2. The highest BCUT2D eigenvalue weighted by atomic mass is 35.5. The Labute approximate surface area is 226 Å². The number of likely N-dealkylation sites (tertiary alicyclic amines) is 1. The third-order valence-corrected chi connectivity index (χ3v) is 8.51. The minimum atomic E-state index is -0.662. The van der Waals surface area contributed by atoms with Crippen LogP contribution in [-0.4, -0.2) is 34.2 Å². The second-order valence-corrected chi connectivity index (χ2v) is 11.7. The quantitative estimate of drug-likeness (QED) is 0.495. The molecule has 0 saturated carbocycles. The van der Waals surface area contributed by atoms with Crippen molar-refractivity contribution < 1.29 is 14.4 Å². The molecule has 1 fully saturated rings. The van der Waals surface area contributed by atoms with Crippen molar-refractivity contribution >= 4 is 40.8 Å². The summed E-state index contributed by atoms with van der Waals surface area (Å²) in [5.41, 5.74) is 3.42. The van der Waals surface area contributed by atoms with Gasteiger partial charge in [0.15, 0.2) is 0 Å². The fourth-order valence-corrected chi connectivity index (χ4v) is 6.43. The second-order valence-electron chi connectivity index (χ2n) is 11.2. The molecule has 3 amide bonds. The minimum absolute atomic E-state index is 0.0359. The van der Waals surface area contributed by atoms with Crippen molar-refractivity contribution in [1.29, 1.82) is 0 Å². The van der Waals surface area contributed by atoms with E-state index in [1.54, 1.807) is 17.2 Å². The number of carbonyl (C=O) groups excluding carboxylic acids is 3. The van der Waals surface area contributed by atoms with Gasteiger partial charge in [-0.1, -0.05) is 49.7 Å². The van der Waals surface area contributed by atoms with Gasteiger partial charge in [0.1, 0.15) is 12.4 Å². The van der Waals surface area contributed by atoms with Gasteiger partial charge >= 0.3 is 0 Å². The number of hydrogen-bond acceptors (Lipinski definition) is 4. The number of nitrogens with zero attached hydrogens (tertiary/aromatic N) is 2. The minimum Gasteiger partial charge on any atom is -0.326 e. The Balaban J connectivity index is 1.21. The Kier molecular flexibility index (Phi) is 5.80. The number of aromatic nitrogens is 1. The molecule has 1 aliphatic carbocycles. The number of benzene rings is 2. The Morgan fingerprint density at radius 2 is 1.92 bits per heavy atom. The number of hydrogen-bond donors (Lipinski definition) is 2. The summed E-state index contributed by atoms with van der Waals surface area (Å²) >= 11 is 6.23. The van der Waals surface area contributed by atoms with Gasteiger partial charge in [-0.05, 0) is 72.7 Å². The summed E-state index contributed by atoms with van der Waals surface area (Å²) in [6.07, 6.45) is 4.32. The molecule has 2 atom stereocenters. The lowest BCUT2D eigenvalue weighted by Crippen LogP contribution is -2.50. The fourth-order valence-electron chi connectivity index (χ4n) is 6.23. The number of rotatable bonds is 4. The van der Waals surface area contributed by atoms with Gasteiger partial charge in [-0.3, -0.25) is 14.4 Å². The van der Waals surface area contributed by atoms with Gasteiger partial charge in [0, 0.05) is 27.9 Å². The summed E-state index contributed by atoms with van der Waals surface area (Å²) < 4.78 is 0. The molecule has 3 aromatic rings. The predicted molar refractivity (Wildman–Crippen MR) is 146 cm³/mol. The zero-order chi connectivity index (χ0) is 26.7. The molecule has 1 aromatic heterocycles. The molecule has 1 spiro atoms. The zero-order valence-electron chi connectivity index (χ0n) is 21.4. The maximum absolute atomic E-state index is 13.4. The van der Waals surface area contributed by atoms with Gasteiger partial charge in [0.2, 0.25) is 17.7 Å². The predicted octanol–water partition coefficient (Wildman–Crippen LogP) is 5.05. The molecule has 1 saturated heterocycles. The molecule has 3 aliphatic rings. The third-order valence-electron chi connectivity index (χ3n) is 8.27. The summed E-state index contributed by atoms with van der Waals surface area (Å²) in [6.45, 7) is 3.80. The molecule has 0 radical (unpaired) electrons. The Morgan fingerprint density at radius 1 is 1.11 bits per heavy atom. The molecule has 38 heavy (non-hydrogen) atoms. The van der Waals surface area contributed by atoms with Crippen LogP contribution < -0.4 is 10.6 Å². The SMILES string of the molecule is CC1(C)CC[C@@H](c2cccc(Cl)c2)N(CC(=O)Nc2ccc3c(c2)CC2(C3)C(=O)Nc3ncccc32)C1=O. The average Bonchev–Trinajstić information content (AvgIpc) is 3.39. The van der Waals surface area contributed by atoms with Gasteiger partial charge in [-0.25, -0.2) is 4.98 Å². The van der Waals surface area contributed by atoms with E-state index in [9.17, 15) is 14.4 Å². The lowest BCUT2D eigenvalue weighted by atomic mass is 9.78. The van der Waals surface area contributed by atoms with E-state index >= 15 is 0 Å². The van der Waals surface area contributed by atoms with Crippen LogP contribution in [-0.2, 0) is 32.6 Å². The van der Waals surface area contributed by atoms with Crippen molar-refractivity contribution in [1.82, 2.24) is 9.88 Å². The van der Waals surface area contributed by atoms with E-state index in [1.807, 2.05) is 62.4 Å². The number of fused-ring (bicyclic) bond motifs is 3. The topological polar surface area (TPSA) is 91.4 Å². The number of piperidine rings is 1. The van der Waals surface area contributed by atoms with Crippen LogP contribution in [0.4, 0.5) is 11.5 Å². The molecule has 2 aromatic carbocycles. The summed E-state index contributed by atoms with van der Waals surface area (Å²) in [6, 6.07) is 16.9. The van der Waals surface area contributed by atoms with Crippen LogP contribution in [0.3, 0.4) is 0 Å². The average molecular weight is 529 g/mol. The first-order valence-corrected chi connectivity index (χ1v) is 13.3. The van der Waals surface area contributed by atoms with Gasteiger partial charge in [-0.2, -0.15) is 0 Å². The molecular formula is C30H29ClN4O3. The van der Waals surface area contributed by atoms with Gasteiger partial charge in [0.25, 0.3) is 0 Å². The summed E-state index contributed by atoms with van der Waals surface area (Å²) in [5, 5.41) is 6.52. The molecule has 1 unspecified atom stereocenters. The Bertz CT molecular complexity index is 1490. The first-order chi connectivity index (χ1) is 18.2. The Morgan fingerprint density at radius 3 is 2.74 bits per heavy atom. The molecule has 194 valence electrons. The van der Waals surface area contributed by atoms with Crippen LogP contribution in [0.2, 0.25) is 5.02 Å². The van der Waals surface area contributed by atoms with E-state index < -0.39 is 10.8 Å². The van der Waals surface area contributed by atoms with Crippen molar-refractivity contribution in [3.8, 4) is 0 Å². The first kappa shape index (κ1) is 24.6. The van der Waals surface area contributed by atoms with Crippen molar-refractivity contribution in [2.45, 2.75) is 51.0 Å². The maximum Gasteiger partial charge on any atom is 0.244 e. The number of halogens is 1. The van der Waals surface area contributed by atoms with E-state index in [0.717, 1.165) is 35.1 Å². The van der Waals surface area contributed by atoms with E-state index in [0.29, 0.717) is 29.4 Å².